The van der Waals surface area contributed by atoms with E-state index in [1.54, 1.807) is 0 Å². The van der Waals surface area contributed by atoms with Crippen molar-refractivity contribution in [3.63, 3.8) is 0 Å². The lowest BCUT2D eigenvalue weighted by atomic mass is 9.77. The molecule has 1 rings (SSSR count). The molecule has 0 aromatic rings. The third kappa shape index (κ3) is 2.74. The Morgan fingerprint density at radius 3 is 2.38 bits per heavy atom. The predicted octanol–water partition coefficient (Wildman–Crippen LogP) is 1.63. The minimum absolute atomic E-state index is 0.116. The van der Waals surface area contributed by atoms with E-state index in [0.717, 1.165) is 19.3 Å². The van der Waals surface area contributed by atoms with Gasteiger partial charge in [0.2, 0.25) is 5.91 Å². The lowest BCUT2D eigenvalue weighted by Crippen LogP contribution is -2.33. The highest BCUT2D eigenvalue weighted by molar-refractivity contribution is 5.76. The van der Waals surface area contributed by atoms with Crippen molar-refractivity contribution in [2.45, 2.75) is 39.5 Å². The van der Waals surface area contributed by atoms with Crippen LogP contribution in [0, 0.1) is 23.7 Å². The zero-order valence-electron chi connectivity index (χ0n) is 9.98. The monoisotopic (exact) mass is 227 g/mol. The van der Waals surface area contributed by atoms with Crippen LogP contribution in [0.4, 0.5) is 0 Å². The Balaban J connectivity index is 2.77. The second-order valence-corrected chi connectivity index (χ2v) is 4.87. The lowest BCUT2D eigenvalue weighted by molar-refractivity contribution is -0.139. The van der Waals surface area contributed by atoms with Crippen LogP contribution in [0.3, 0.4) is 0 Å². The van der Waals surface area contributed by atoms with E-state index < -0.39 is 5.97 Å². The summed E-state index contributed by atoms with van der Waals surface area (Å²) >= 11 is 0. The number of carboxylic acids is 1. The van der Waals surface area contributed by atoms with Crippen molar-refractivity contribution in [3.8, 4) is 0 Å². The van der Waals surface area contributed by atoms with Crippen LogP contribution in [0.15, 0.2) is 0 Å². The topological polar surface area (TPSA) is 80.4 Å². The van der Waals surface area contributed by atoms with Crippen molar-refractivity contribution >= 4 is 11.9 Å². The summed E-state index contributed by atoms with van der Waals surface area (Å²) in [5.41, 5.74) is 5.34. The largest absolute Gasteiger partial charge is 0.481 e. The van der Waals surface area contributed by atoms with Gasteiger partial charge < -0.3 is 10.8 Å². The molecular weight excluding hydrogens is 206 g/mol. The molecule has 1 aliphatic carbocycles. The van der Waals surface area contributed by atoms with E-state index in [2.05, 4.69) is 6.92 Å². The van der Waals surface area contributed by atoms with E-state index in [9.17, 15) is 9.59 Å². The number of carbonyl (C=O) groups excluding carboxylic acids is 1. The van der Waals surface area contributed by atoms with Gasteiger partial charge in [0.1, 0.15) is 0 Å². The summed E-state index contributed by atoms with van der Waals surface area (Å²) in [7, 11) is 0. The number of hydrogen-bond donors (Lipinski definition) is 2. The number of hydrogen-bond acceptors (Lipinski definition) is 2. The normalized spacial score (nSPS) is 31.2. The summed E-state index contributed by atoms with van der Waals surface area (Å²) in [6.07, 6.45) is 3.10. The van der Waals surface area contributed by atoms with Crippen molar-refractivity contribution in [1.29, 1.82) is 0 Å². The van der Waals surface area contributed by atoms with Gasteiger partial charge in [-0.3, -0.25) is 9.59 Å². The molecule has 16 heavy (non-hydrogen) atoms. The standard InChI is InChI=1S/C12H21NO3/c1-3-8-4-5-9(6-10(14)15)11(8)7(2)12(13)16/h7-9,11H,3-6H2,1-2H3,(H2,13,16)(H,14,15)/t7?,8-,9-,11?/m1/s1. The first-order valence-electron chi connectivity index (χ1n) is 5.98. The molecule has 0 spiro atoms. The van der Waals surface area contributed by atoms with E-state index in [1.165, 1.54) is 0 Å². The summed E-state index contributed by atoms with van der Waals surface area (Å²) in [6, 6.07) is 0. The Morgan fingerprint density at radius 1 is 1.38 bits per heavy atom. The third-order valence-corrected chi connectivity index (χ3v) is 3.98. The van der Waals surface area contributed by atoms with Crippen LogP contribution >= 0.6 is 0 Å². The van der Waals surface area contributed by atoms with Crippen LogP contribution in [0.1, 0.15) is 39.5 Å². The molecule has 4 atom stereocenters. The van der Waals surface area contributed by atoms with Gasteiger partial charge in [-0.15, -0.1) is 0 Å². The maximum Gasteiger partial charge on any atom is 0.303 e. The van der Waals surface area contributed by atoms with Crippen LogP contribution in [-0.2, 0) is 9.59 Å². The molecular formula is C12H21NO3. The Morgan fingerprint density at radius 2 is 1.94 bits per heavy atom. The molecule has 2 unspecified atom stereocenters. The minimum Gasteiger partial charge on any atom is -0.481 e. The van der Waals surface area contributed by atoms with E-state index in [-0.39, 0.29) is 30.1 Å². The number of nitrogens with two attached hydrogens (primary N) is 1. The van der Waals surface area contributed by atoms with Crippen LogP contribution in [-0.4, -0.2) is 17.0 Å². The van der Waals surface area contributed by atoms with E-state index >= 15 is 0 Å². The van der Waals surface area contributed by atoms with Gasteiger partial charge in [0.15, 0.2) is 0 Å². The number of amides is 1. The van der Waals surface area contributed by atoms with E-state index in [4.69, 9.17) is 10.8 Å². The molecule has 1 aliphatic rings. The number of carboxylic acid groups (broad SMARTS) is 1. The number of primary amides is 1. The van der Waals surface area contributed by atoms with Crippen LogP contribution in [0.5, 0.6) is 0 Å². The summed E-state index contributed by atoms with van der Waals surface area (Å²) in [4.78, 5) is 22.0. The Hall–Kier alpha value is -1.06. The van der Waals surface area contributed by atoms with Crippen LogP contribution in [0.25, 0.3) is 0 Å². The maximum atomic E-state index is 11.3. The molecule has 4 nitrogen and oxygen atoms in total. The highest BCUT2D eigenvalue weighted by atomic mass is 16.4. The number of aliphatic carboxylic acids is 1. The molecule has 0 aromatic heterocycles. The first-order chi connectivity index (χ1) is 7.47. The highest BCUT2D eigenvalue weighted by Gasteiger charge is 2.40. The van der Waals surface area contributed by atoms with Gasteiger partial charge in [-0.2, -0.15) is 0 Å². The zero-order chi connectivity index (χ0) is 12.3. The van der Waals surface area contributed by atoms with E-state index in [1.807, 2.05) is 6.92 Å². The SMILES string of the molecule is CC[C@@H]1CC[C@H](CC(=O)O)C1C(C)C(N)=O. The fraction of sp³-hybridized carbons (Fsp3) is 0.833. The van der Waals surface area contributed by atoms with Crippen molar-refractivity contribution in [2.24, 2.45) is 29.4 Å². The Labute approximate surface area is 96.2 Å². The van der Waals surface area contributed by atoms with Crippen molar-refractivity contribution in [3.05, 3.63) is 0 Å². The first kappa shape index (κ1) is 13.0. The minimum atomic E-state index is -0.775. The second kappa shape index (κ2) is 5.32. The molecule has 3 N–H and O–H groups in total. The van der Waals surface area contributed by atoms with Crippen molar-refractivity contribution in [1.82, 2.24) is 0 Å². The van der Waals surface area contributed by atoms with Gasteiger partial charge in [-0.1, -0.05) is 20.3 Å². The number of carbonyl (C=O) groups is 2. The Kier molecular flexibility index (Phi) is 4.33. The third-order valence-electron chi connectivity index (χ3n) is 3.98. The molecule has 4 heteroatoms. The lowest BCUT2D eigenvalue weighted by Gasteiger charge is -2.27. The molecule has 0 aliphatic heterocycles. The highest BCUT2D eigenvalue weighted by Crippen LogP contribution is 2.44. The fourth-order valence-electron chi connectivity index (χ4n) is 3.14. The fourth-order valence-corrected chi connectivity index (χ4v) is 3.14. The van der Waals surface area contributed by atoms with Crippen LogP contribution in [0.2, 0.25) is 0 Å². The second-order valence-electron chi connectivity index (χ2n) is 4.87. The number of rotatable bonds is 5. The zero-order valence-corrected chi connectivity index (χ0v) is 9.98. The Bertz CT molecular complexity index is 277. The van der Waals surface area contributed by atoms with Gasteiger partial charge in [0.25, 0.3) is 0 Å². The first-order valence-corrected chi connectivity index (χ1v) is 5.98. The molecule has 1 amide bonds. The van der Waals surface area contributed by atoms with Crippen LogP contribution < -0.4 is 5.73 Å². The maximum absolute atomic E-state index is 11.3. The van der Waals surface area contributed by atoms with Gasteiger partial charge in [0.05, 0.1) is 0 Å². The van der Waals surface area contributed by atoms with Gasteiger partial charge >= 0.3 is 5.97 Å². The molecule has 0 aromatic carbocycles. The van der Waals surface area contributed by atoms with Gasteiger partial charge in [-0.25, -0.2) is 0 Å². The summed E-state index contributed by atoms with van der Waals surface area (Å²) in [5.74, 6) is -0.573. The van der Waals surface area contributed by atoms with Gasteiger partial charge in [-0.05, 0) is 30.6 Å². The smallest absolute Gasteiger partial charge is 0.303 e. The molecule has 0 saturated heterocycles. The molecule has 92 valence electrons. The van der Waals surface area contributed by atoms with E-state index in [0.29, 0.717) is 5.92 Å². The van der Waals surface area contributed by atoms with Gasteiger partial charge in [0, 0.05) is 12.3 Å². The average molecular weight is 227 g/mol. The average Bonchev–Trinajstić information content (AvgIpc) is 2.58. The van der Waals surface area contributed by atoms with Crippen molar-refractivity contribution < 1.29 is 14.7 Å². The predicted molar refractivity (Wildman–Crippen MR) is 60.6 cm³/mol. The summed E-state index contributed by atoms with van der Waals surface area (Å²) in [5, 5.41) is 8.85. The molecule has 1 saturated carbocycles. The summed E-state index contributed by atoms with van der Waals surface area (Å²) in [6.45, 7) is 3.92. The molecule has 0 bridgehead atoms. The quantitative estimate of drug-likeness (QED) is 0.749. The summed E-state index contributed by atoms with van der Waals surface area (Å²) < 4.78 is 0. The van der Waals surface area contributed by atoms with Crippen molar-refractivity contribution in [2.75, 3.05) is 0 Å². The molecule has 0 radical (unpaired) electrons. The molecule has 1 fully saturated rings. The molecule has 0 heterocycles.